The maximum Gasteiger partial charge on any atom is 0.338 e. The van der Waals surface area contributed by atoms with Gasteiger partial charge in [0.15, 0.2) is 0 Å². The van der Waals surface area contributed by atoms with E-state index in [2.05, 4.69) is 20.8 Å². The second-order valence-corrected chi connectivity index (χ2v) is 13.2. The second-order valence-electron chi connectivity index (χ2n) is 13.2. The molecule has 4 fully saturated rings. The Morgan fingerprint density at radius 2 is 1.78 bits per heavy atom. The number of esters is 2. The molecule has 0 heterocycles. The largest absolute Gasteiger partial charge is 0.469 e. The molecule has 10 atom stereocenters. The Hall–Kier alpha value is -1.88. The summed E-state index contributed by atoms with van der Waals surface area (Å²) in [4.78, 5) is 24.5. The van der Waals surface area contributed by atoms with Crippen molar-refractivity contribution in [2.24, 2.45) is 46.3 Å². The van der Waals surface area contributed by atoms with Crippen molar-refractivity contribution in [1.29, 1.82) is 0 Å². The third-order valence-corrected chi connectivity index (χ3v) is 11.8. The van der Waals surface area contributed by atoms with Crippen LogP contribution >= 0.6 is 0 Å². The van der Waals surface area contributed by atoms with E-state index in [0.29, 0.717) is 47.5 Å². The Kier molecular flexibility index (Phi) is 7.48. The first-order valence-corrected chi connectivity index (χ1v) is 14.7. The van der Waals surface area contributed by atoms with E-state index in [1.165, 1.54) is 26.4 Å². The lowest BCUT2D eigenvalue weighted by atomic mass is 9.43. The number of methoxy groups -OCH3 is 1. The monoisotopic (exact) mass is 510 g/mol. The quantitative estimate of drug-likeness (QED) is 0.447. The molecule has 204 valence electrons. The van der Waals surface area contributed by atoms with Gasteiger partial charge in [-0.05, 0) is 116 Å². The predicted molar refractivity (Wildman–Crippen MR) is 143 cm³/mol. The zero-order valence-electron chi connectivity index (χ0n) is 23.2. The summed E-state index contributed by atoms with van der Waals surface area (Å²) in [5.41, 5.74) is 0.767. The maximum absolute atomic E-state index is 12.7. The van der Waals surface area contributed by atoms with Crippen LogP contribution in [0.5, 0.6) is 0 Å². The van der Waals surface area contributed by atoms with Crippen LogP contribution in [0.3, 0.4) is 0 Å². The van der Waals surface area contributed by atoms with Crippen LogP contribution in [0.1, 0.15) is 95.3 Å². The van der Waals surface area contributed by atoms with Crippen molar-refractivity contribution in [3.63, 3.8) is 0 Å². The van der Waals surface area contributed by atoms with Crippen LogP contribution < -0.4 is 0 Å². The van der Waals surface area contributed by atoms with Crippen LogP contribution in [0.15, 0.2) is 30.3 Å². The van der Waals surface area contributed by atoms with Crippen LogP contribution in [0.4, 0.5) is 0 Å². The minimum atomic E-state index is -0.295. The van der Waals surface area contributed by atoms with E-state index in [-0.39, 0.29) is 35.0 Å². The molecule has 0 aromatic heterocycles. The van der Waals surface area contributed by atoms with Crippen LogP contribution in [0.2, 0.25) is 0 Å². The maximum atomic E-state index is 12.7. The fourth-order valence-corrected chi connectivity index (χ4v) is 9.69. The Morgan fingerprint density at radius 3 is 2.51 bits per heavy atom. The summed E-state index contributed by atoms with van der Waals surface area (Å²) in [5.74, 6) is 2.82. The highest BCUT2D eigenvalue weighted by molar-refractivity contribution is 5.89. The highest BCUT2D eigenvalue weighted by atomic mass is 16.5. The molecule has 0 aliphatic heterocycles. The Morgan fingerprint density at radius 1 is 1.03 bits per heavy atom. The summed E-state index contributed by atoms with van der Waals surface area (Å²) in [5, 5.41) is 11.8. The van der Waals surface area contributed by atoms with Gasteiger partial charge in [-0.15, -0.1) is 0 Å². The molecule has 5 nitrogen and oxygen atoms in total. The zero-order valence-corrected chi connectivity index (χ0v) is 23.2. The summed E-state index contributed by atoms with van der Waals surface area (Å²) in [6.07, 6.45) is 9.59. The molecule has 0 bridgehead atoms. The second kappa shape index (κ2) is 10.4. The van der Waals surface area contributed by atoms with E-state index < -0.39 is 0 Å². The topological polar surface area (TPSA) is 72.8 Å². The molecular formula is C32H46O5. The third-order valence-electron chi connectivity index (χ3n) is 11.8. The van der Waals surface area contributed by atoms with Crippen molar-refractivity contribution >= 4 is 11.9 Å². The van der Waals surface area contributed by atoms with E-state index in [1.54, 1.807) is 0 Å². The van der Waals surface area contributed by atoms with E-state index in [4.69, 9.17) is 9.47 Å². The Labute approximate surface area is 222 Å². The van der Waals surface area contributed by atoms with Crippen molar-refractivity contribution in [2.45, 2.75) is 97.2 Å². The van der Waals surface area contributed by atoms with Crippen molar-refractivity contribution in [2.75, 3.05) is 7.11 Å². The van der Waals surface area contributed by atoms with E-state index >= 15 is 0 Å². The van der Waals surface area contributed by atoms with Gasteiger partial charge < -0.3 is 14.6 Å². The number of hydrogen-bond acceptors (Lipinski definition) is 5. The average Bonchev–Trinajstić information content (AvgIpc) is 3.27. The number of fused-ring (bicyclic) bond motifs is 5. The number of rotatable bonds is 6. The van der Waals surface area contributed by atoms with Crippen LogP contribution in [-0.4, -0.2) is 36.4 Å². The molecule has 1 N–H and O–H groups in total. The lowest BCUT2D eigenvalue weighted by molar-refractivity contribution is -0.175. The number of carbonyl (C=O) groups excluding carboxylic acids is 2. The smallest absolute Gasteiger partial charge is 0.338 e. The van der Waals surface area contributed by atoms with Gasteiger partial charge in [-0.1, -0.05) is 39.0 Å². The molecule has 5 rings (SSSR count). The van der Waals surface area contributed by atoms with Crippen molar-refractivity contribution in [3.8, 4) is 0 Å². The molecule has 4 aliphatic carbocycles. The van der Waals surface area contributed by atoms with Crippen molar-refractivity contribution in [1.82, 2.24) is 0 Å². The van der Waals surface area contributed by atoms with E-state index in [1.807, 2.05) is 30.3 Å². The molecule has 0 spiro atoms. The fraction of sp³-hybridized carbons (Fsp3) is 0.750. The summed E-state index contributed by atoms with van der Waals surface area (Å²) in [6, 6.07) is 9.33. The SMILES string of the molecule is COC(=O)CC[C@H](C)[C@@H]1CC[C@H]2[C@H]3CC[C@H]4C[C@H](OC(=O)c5ccccc5)CC[C@]4(C)[C@@H]3C[C@H](O)[C@@]21C. The summed E-state index contributed by atoms with van der Waals surface area (Å²) < 4.78 is 10.9. The van der Waals surface area contributed by atoms with Crippen LogP contribution in [0.25, 0.3) is 0 Å². The first-order chi connectivity index (χ1) is 17.7. The number of aliphatic hydroxyl groups excluding tert-OH is 1. The Bertz CT molecular complexity index is 977. The third kappa shape index (κ3) is 4.64. The molecular weight excluding hydrogens is 464 g/mol. The first kappa shape index (κ1) is 26.7. The molecule has 0 unspecified atom stereocenters. The number of benzene rings is 1. The number of ether oxygens (including phenoxy) is 2. The molecule has 4 saturated carbocycles. The number of aliphatic hydroxyl groups is 1. The molecule has 37 heavy (non-hydrogen) atoms. The lowest BCUT2D eigenvalue weighted by Crippen LogP contribution is -2.59. The van der Waals surface area contributed by atoms with Gasteiger partial charge in [-0.3, -0.25) is 4.79 Å². The van der Waals surface area contributed by atoms with E-state index in [9.17, 15) is 14.7 Å². The van der Waals surface area contributed by atoms with Gasteiger partial charge in [-0.25, -0.2) is 4.79 Å². The van der Waals surface area contributed by atoms with Crippen molar-refractivity contribution in [3.05, 3.63) is 35.9 Å². The normalized spacial score (nSPS) is 41.6. The molecule has 1 aromatic rings. The predicted octanol–water partition coefficient (Wildman–Crippen LogP) is 6.43. The highest BCUT2D eigenvalue weighted by Gasteiger charge is 2.63. The van der Waals surface area contributed by atoms with Gasteiger partial charge >= 0.3 is 11.9 Å². The first-order valence-electron chi connectivity index (χ1n) is 14.7. The highest BCUT2D eigenvalue weighted by Crippen LogP contribution is 2.68. The van der Waals surface area contributed by atoms with Gasteiger partial charge in [0, 0.05) is 6.42 Å². The molecule has 1 aromatic carbocycles. The minimum Gasteiger partial charge on any atom is -0.469 e. The van der Waals surface area contributed by atoms with Gasteiger partial charge in [0.25, 0.3) is 0 Å². The van der Waals surface area contributed by atoms with Crippen LogP contribution in [-0.2, 0) is 14.3 Å². The number of hydrogen-bond donors (Lipinski definition) is 1. The summed E-state index contributed by atoms with van der Waals surface area (Å²) in [6.45, 7) is 7.11. The zero-order chi connectivity index (χ0) is 26.4. The average molecular weight is 511 g/mol. The fourth-order valence-electron chi connectivity index (χ4n) is 9.69. The summed E-state index contributed by atoms with van der Waals surface area (Å²) >= 11 is 0. The molecule has 5 heteroatoms. The lowest BCUT2D eigenvalue weighted by Gasteiger charge is -2.62. The standard InChI is InChI=1S/C32H46O5/c1-20(10-15-29(34)36-4)25-13-14-26-24-12-11-22-18-23(37-30(35)21-8-6-5-7-9-21)16-17-31(22,2)27(24)19-28(33)32(25,26)3/h5-9,20,22-28,33H,10-19H2,1-4H3/t20-,22-,23+,24+,25-,26-,27+,28-,31-,32+/m0/s1. The van der Waals surface area contributed by atoms with Gasteiger partial charge in [-0.2, -0.15) is 0 Å². The molecule has 0 saturated heterocycles. The van der Waals surface area contributed by atoms with Gasteiger partial charge in [0.1, 0.15) is 6.10 Å². The molecule has 0 radical (unpaired) electrons. The van der Waals surface area contributed by atoms with Gasteiger partial charge in [0.05, 0.1) is 18.8 Å². The number of carbonyl (C=O) groups is 2. The minimum absolute atomic E-state index is 0.00682. The molecule has 4 aliphatic rings. The van der Waals surface area contributed by atoms with Crippen LogP contribution in [0, 0.1) is 46.3 Å². The Balaban J connectivity index is 1.27. The molecule has 0 amide bonds. The van der Waals surface area contributed by atoms with Crippen molar-refractivity contribution < 1.29 is 24.2 Å². The van der Waals surface area contributed by atoms with E-state index in [0.717, 1.165) is 38.5 Å². The summed E-state index contributed by atoms with van der Waals surface area (Å²) in [7, 11) is 1.46. The van der Waals surface area contributed by atoms with Gasteiger partial charge in [0.2, 0.25) is 0 Å².